The zero-order valence-electron chi connectivity index (χ0n) is 24.9. The minimum absolute atomic E-state index is 0.143. The Morgan fingerprint density at radius 3 is 2.65 bits per heavy atom. The second kappa shape index (κ2) is 12.8. The van der Waals surface area contributed by atoms with E-state index < -0.39 is 11.9 Å². The maximum atomic E-state index is 15.1. The standard InChI is InChI=1S/C30H39FN10O2/c1-38-9-7-21(8-10-38)41-18-20(15-34-41)35-30-33-17-24(31)27(37-30)23-16-32-28-22(23)5-4-6-25(28)36-29(42)26(19-43-3)40-13-11-39(2)12-14-40/h4-6,15-18,21,26,32H,7-14,19H2,1-3H3,(H,36,42)(H,33,35,37)/t26-/m1/s1. The summed E-state index contributed by atoms with van der Waals surface area (Å²) in [5, 5.41) is 11.5. The van der Waals surface area contributed by atoms with Crippen LogP contribution < -0.4 is 10.6 Å². The number of benzene rings is 1. The summed E-state index contributed by atoms with van der Waals surface area (Å²) in [6, 6.07) is 5.49. The molecule has 0 aliphatic carbocycles. The molecule has 5 heterocycles. The van der Waals surface area contributed by atoms with Crippen molar-refractivity contribution in [2.24, 2.45) is 0 Å². The quantitative estimate of drug-likeness (QED) is 0.270. The molecular formula is C30H39FN10O2. The molecule has 1 aromatic carbocycles. The topological polar surface area (TPSA) is 119 Å². The van der Waals surface area contributed by atoms with Crippen LogP contribution in [-0.4, -0.2) is 118 Å². The molecule has 2 aliphatic heterocycles. The molecule has 4 aromatic rings. The van der Waals surface area contributed by atoms with Gasteiger partial charge in [0.25, 0.3) is 0 Å². The average molecular weight is 591 g/mol. The lowest BCUT2D eigenvalue weighted by molar-refractivity contribution is -0.124. The third-order valence-electron chi connectivity index (χ3n) is 8.50. The largest absolute Gasteiger partial charge is 0.383 e. The molecule has 0 saturated carbocycles. The molecule has 13 heteroatoms. The van der Waals surface area contributed by atoms with E-state index in [4.69, 9.17) is 4.74 Å². The summed E-state index contributed by atoms with van der Waals surface area (Å²) >= 11 is 0. The minimum atomic E-state index is -0.543. The summed E-state index contributed by atoms with van der Waals surface area (Å²) in [5.74, 6) is -0.415. The third kappa shape index (κ3) is 6.39. The number of nitrogens with one attached hydrogen (secondary N) is 3. The van der Waals surface area contributed by atoms with Crippen molar-refractivity contribution in [3.63, 3.8) is 0 Å². The van der Waals surface area contributed by atoms with Gasteiger partial charge in [0.1, 0.15) is 11.7 Å². The van der Waals surface area contributed by atoms with E-state index >= 15 is 4.39 Å². The number of H-pyrrole nitrogens is 1. The normalized spacial score (nSPS) is 18.2. The van der Waals surface area contributed by atoms with Gasteiger partial charge >= 0.3 is 0 Å². The Balaban J connectivity index is 1.21. The number of halogens is 1. The van der Waals surface area contributed by atoms with Gasteiger partial charge in [0.05, 0.1) is 41.9 Å². The highest BCUT2D eigenvalue weighted by molar-refractivity contribution is 6.06. The molecule has 1 amide bonds. The Morgan fingerprint density at radius 1 is 1.12 bits per heavy atom. The molecule has 3 N–H and O–H groups in total. The lowest BCUT2D eigenvalue weighted by atomic mass is 10.1. The first-order valence-electron chi connectivity index (χ1n) is 14.7. The summed E-state index contributed by atoms with van der Waals surface area (Å²) in [4.78, 5) is 32.1. The Kier molecular flexibility index (Phi) is 8.66. The van der Waals surface area contributed by atoms with E-state index in [-0.39, 0.29) is 17.5 Å². The molecule has 3 aromatic heterocycles. The number of fused-ring (bicyclic) bond motifs is 1. The number of para-hydroxylation sites is 1. The zero-order valence-corrected chi connectivity index (χ0v) is 24.9. The van der Waals surface area contributed by atoms with Crippen LogP contribution >= 0.6 is 0 Å². The fraction of sp³-hybridized carbons (Fsp3) is 0.467. The summed E-state index contributed by atoms with van der Waals surface area (Å²) in [7, 11) is 5.82. The highest BCUT2D eigenvalue weighted by atomic mass is 19.1. The number of ether oxygens (including phenoxy) is 1. The van der Waals surface area contributed by atoms with Crippen LogP contribution in [0.4, 0.5) is 21.7 Å². The van der Waals surface area contributed by atoms with Crippen LogP contribution in [0.25, 0.3) is 22.2 Å². The lowest BCUT2D eigenvalue weighted by Crippen LogP contribution is -2.54. The summed E-state index contributed by atoms with van der Waals surface area (Å²) in [6.07, 6.45) is 8.65. The Morgan fingerprint density at radius 2 is 1.88 bits per heavy atom. The van der Waals surface area contributed by atoms with Gasteiger partial charge in [-0.15, -0.1) is 0 Å². The van der Waals surface area contributed by atoms with E-state index in [1.807, 2.05) is 29.1 Å². The number of aromatic amines is 1. The van der Waals surface area contributed by atoms with Crippen molar-refractivity contribution in [2.75, 3.05) is 77.7 Å². The number of hydrogen-bond acceptors (Lipinski definition) is 9. The van der Waals surface area contributed by atoms with Crippen LogP contribution in [0.15, 0.2) is 43.0 Å². The number of anilines is 3. The van der Waals surface area contributed by atoms with Crippen LogP contribution in [0.3, 0.4) is 0 Å². The van der Waals surface area contributed by atoms with Gasteiger partial charge in [0, 0.05) is 56.6 Å². The van der Waals surface area contributed by atoms with Gasteiger partial charge in [-0.1, -0.05) is 12.1 Å². The molecule has 1 atom stereocenters. The molecule has 6 rings (SSSR count). The maximum Gasteiger partial charge on any atom is 0.244 e. The predicted octanol–water partition coefficient (Wildman–Crippen LogP) is 3.17. The van der Waals surface area contributed by atoms with Crippen molar-refractivity contribution >= 4 is 34.1 Å². The lowest BCUT2D eigenvalue weighted by Gasteiger charge is -2.36. The molecule has 0 unspecified atom stereocenters. The van der Waals surface area contributed by atoms with E-state index in [1.165, 1.54) is 6.20 Å². The number of piperidine rings is 1. The second-order valence-electron chi connectivity index (χ2n) is 11.5. The van der Waals surface area contributed by atoms with Crippen LogP contribution in [0.2, 0.25) is 0 Å². The van der Waals surface area contributed by atoms with Gasteiger partial charge in [-0.25, -0.2) is 14.4 Å². The van der Waals surface area contributed by atoms with Crippen LogP contribution in [-0.2, 0) is 9.53 Å². The van der Waals surface area contributed by atoms with Crippen LogP contribution in [0, 0.1) is 5.82 Å². The molecule has 0 spiro atoms. The fourth-order valence-electron chi connectivity index (χ4n) is 5.92. The highest BCUT2D eigenvalue weighted by Gasteiger charge is 2.29. The van der Waals surface area contributed by atoms with Gasteiger partial charge in [-0.2, -0.15) is 5.10 Å². The fourth-order valence-corrected chi connectivity index (χ4v) is 5.92. The highest BCUT2D eigenvalue weighted by Crippen LogP contribution is 2.33. The summed E-state index contributed by atoms with van der Waals surface area (Å²) in [5.41, 5.74) is 2.77. The molecule has 12 nitrogen and oxygen atoms in total. The first-order valence-corrected chi connectivity index (χ1v) is 14.7. The molecular weight excluding hydrogens is 551 g/mol. The number of rotatable bonds is 9. The van der Waals surface area contributed by atoms with Gasteiger partial charge in [0.15, 0.2) is 5.82 Å². The minimum Gasteiger partial charge on any atom is -0.383 e. The maximum absolute atomic E-state index is 15.1. The number of methoxy groups -OCH3 is 1. The third-order valence-corrected chi connectivity index (χ3v) is 8.50. The smallest absolute Gasteiger partial charge is 0.244 e. The van der Waals surface area contributed by atoms with E-state index in [9.17, 15) is 4.79 Å². The van der Waals surface area contributed by atoms with Crippen molar-refractivity contribution in [1.29, 1.82) is 0 Å². The Bertz CT molecular complexity index is 1560. The van der Waals surface area contributed by atoms with E-state index in [0.717, 1.165) is 63.2 Å². The predicted molar refractivity (Wildman–Crippen MR) is 164 cm³/mol. The molecule has 0 radical (unpaired) electrons. The van der Waals surface area contributed by atoms with E-state index in [1.54, 1.807) is 19.5 Å². The molecule has 43 heavy (non-hydrogen) atoms. The molecule has 2 aliphatic rings. The van der Waals surface area contributed by atoms with Gasteiger partial charge in [-0.3, -0.25) is 14.4 Å². The number of carbonyl (C=O) groups excluding carboxylic acids is 1. The number of nitrogens with zero attached hydrogens (tertiary/aromatic N) is 7. The molecule has 2 saturated heterocycles. The second-order valence-corrected chi connectivity index (χ2v) is 11.5. The Labute approximate surface area is 250 Å². The Hall–Kier alpha value is -3.91. The summed E-state index contributed by atoms with van der Waals surface area (Å²) < 4.78 is 22.5. The zero-order chi connectivity index (χ0) is 29.9. The van der Waals surface area contributed by atoms with Gasteiger partial charge in [-0.05, 0) is 46.1 Å². The van der Waals surface area contributed by atoms with Gasteiger partial charge in [0.2, 0.25) is 11.9 Å². The number of hydrogen-bond donors (Lipinski definition) is 3. The average Bonchev–Trinajstić information content (AvgIpc) is 3.66. The number of aromatic nitrogens is 5. The van der Waals surface area contributed by atoms with Crippen LogP contribution in [0.1, 0.15) is 18.9 Å². The number of likely N-dealkylation sites (N-methyl/N-ethyl adjacent to an activating group) is 1. The monoisotopic (exact) mass is 590 g/mol. The first-order chi connectivity index (χ1) is 20.9. The van der Waals surface area contributed by atoms with Crippen molar-refractivity contribution in [2.45, 2.75) is 24.9 Å². The first kappa shape index (κ1) is 29.2. The number of carbonyl (C=O) groups is 1. The van der Waals surface area contributed by atoms with Gasteiger partial charge < -0.3 is 30.2 Å². The van der Waals surface area contributed by atoms with Crippen molar-refractivity contribution in [3.8, 4) is 11.3 Å². The van der Waals surface area contributed by atoms with Crippen molar-refractivity contribution in [1.82, 2.24) is 39.4 Å². The number of piperazine rings is 1. The molecule has 0 bridgehead atoms. The van der Waals surface area contributed by atoms with Crippen LogP contribution in [0.5, 0.6) is 0 Å². The SMILES string of the molecule is COC[C@H](C(=O)Nc1cccc2c(-c3nc(Nc4cnn(C5CCN(C)CC5)c4)ncc3F)c[nH]c12)N1CCN(C)CC1. The van der Waals surface area contributed by atoms with Crippen molar-refractivity contribution in [3.05, 3.63) is 48.8 Å². The van der Waals surface area contributed by atoms with E-state index in [2.05, 4.69) is 59.5 Å². The number of likely N-dealkylation sites (tertiary alicyclic amines) is 1. The number of amides is 1. The summed E-state index contributed by atoms with van der Waals surface area (Å²) in [6.45, 7) is 5.74. The molecule has 228 valence electrons. The van der Waals surface area contributed by atoms with E-state index in [0.29, 0.717) is 29.4 Å². The van der Waals surface area contributed by atoms with Crippen molar-refractivity contribution < 1.29 is 13.9 Å². The molecule has 2 fully saturated rings.